The van der Waals surface area contributed by atoms with E-state index in [0.717, 1.165) is 5.56 Å². The molecule has 2 aromatic heterocycles. The Bertz CT molecular complexity index is 993. The van der Waals surface area contributed by atoms with Gasteiger partial charge in [-0.2, -0.15) is 0 Å². The molecule has 2 heterocycles. The molecular weight excluding hydrogens is 374 g/mol. The highest BCUT2D eigenvalue weighted by Gasteiger charge is 2.18. The summed E-state index contributed by atoms with van der Waals surface area (Å²) in [5, 5.41) is 1.28. The quantitative estimate of drug-likeness (QED) is 0.661. The number of furan rings is 1. The first kappa shape index (κ1) is 18.2. The second-order valence-corrected chi connectivity index (χ2v) is 7.11. The van der Waals surface area contributed by atoms with Crippen molar-refractivity contribution >= 4 is 34.8 Å². The van der Waals surface area contributed by atoms with E-state index in [0.29, 0.717) is 37.7 Å². The van der Waals surface area contributed by atoms with Crippen LogP contribution in [0.15, 0.2) is 34.7 Å². The van der Waals surface area contributed by atoms with Gasteiger partial charge in [0.2, 0.25) is 0 Å². The highest BCUT2D eigenvalue weighted by Crippen LogP contribution is 2.29. The summed E-state index contributed by atoms with van der Waals surface area (Å²) in [7, 11) is 0. The molecule has 1 aromatic carbocycles. The van der Waals surface area contributed by atoms with Gasteiger partial charge in [0.1, 0.15) is 21.4 Å². The van der Waals surface area contributed by atoms with Crippen molar-refractivity contribution in [2.75, 3.05) is 0 Å². The van der Waals surface area contributed by atoms with Crippen molar-refractivity contribution in [1.29, 1.82) is 0 Å². The molecule has 0 bridgehead atoms. The number of rotatable bonds is 3. The molecule has 2 amide bonds. The van der Waals surface area contributed by atoms with Crippen molar-refractivity contribution in [2.45, 2.75) is 20.8 Å². The first-order valence-electron chi connectivity index (χ1n) is 7.76. The Balaban J connectivity index is 1.72. The number of carbonyl (C=O) groups is 2. The lowest BCUT2D eigenvalue weighted by Crippen LogP contribution is -2.41. The zero-order chi connectivity index (χ0) is 18.8. The van der Waals surface area contributed by atoms with Gasteiger partial charge in [-0.3, -0.25) is 20.4 Å². The van der Waals surface area contributed by atoms with Crippen molar-refractivity contribution in [1.82, 2.24) is 15.8 Å². The van der Waals surface area contributed by atoms with Crippen LogP contribution in [0, 0.1) is 20.8 Å². The highest BCUT2D eigenvalue weighted by molar-refractivity contribution is 7.17. The number of halogens is 1. The minimum Gasteiger partial charge on any atom is -0.466 e. The normalized spacial score (nSPS) is 10.6. The fourth-order valence-corrected chi connectivity index (χ4v) is 3.59. The SMILES string of the molecule is Cc1cc(C(=O)NNC(=O)c2sc(-c3cccc(Cl)c3)nc2C)c(C)o1. The third-order valence-electron chi connectivity index (χ3n) is 3.65. The highest BCUT2D eigenvalue weighted by atomic mass is 35.5. The van der Waals surface area contributed by atoms with Gasteiger partial charge < -0.3 is 4.42 Å². The molecule has 3 aromatic rings. The van der Waals surface area contributed by atoms with Crippen molar-refractivity contribution in [3.8, 4) is 10.6 Å². The minimum atomic E-state index is -0.440. The number of aryl methyl sites for hydroxylation is 3. The van der Waals surface area contributed by atoms with Crippen LogP contribution >= 0.6 is 22.9 Å². The number of thiazole rings is 1. The summed E-state index contributed by atoms with van der Waals surface area (Å²) in [5.74, 6) is 0.249. The fourth-order valence-electron chi connectivity index (χ4n) is 2.45. The fraction of sp³-hybridized carbons (Fsp3) is 0.167. The van der Waals surface area contributed by atoms with E-state index in [-0.39, 0.29) is 0 Å². The molecule has 0 radical (unpaired) electrons. The largest absolute Gasteiger partial charge is 0.466 e. The Hall–Kier alpha value is -2.64. The molecule has 6 nitrogen and oxygen atoms in total. The summed E-state index contributed by atoms with van der Waals surface area (Å²) < 4.78 is 5.32. The minimum absolute atomic E-state index is 0.378. The number of benzene rings is 1. The van der Waals surface area contributed by atoms with Crippen LogP contribution in [0.3, 0.4) is 0 Å². The van der Waals surface area contributed by atoms with Crippen LogP contribution in [-0.2, 0) is 0 Å². The number of hydrogen-bond acceptors (Lipinski definition) is 5. The summed E-state index contributed by atoms with van der Waals surface area (Å²) in [6.07, 6.45) is 0. The van der Waals surface area contributed by atoms with E-state index in [1.807, 2.05) is 12.1 Å². The molecule has 134 valence electrons. The Morgan fingerprint density at radius 3 is 2.50 bits per heavy atom. The lowest BCUT2D eigenvalue weighted by atomic mass is 10.2. The lowest BCUT2D eigenvalue weighted by molar-refractivity contribution is 0.0847. The standard InChI is InChI=1S/C18H16ClN3O3S/c1-9-7-14(11(3)25-9)16(23)21-22-17(24)15-10(2)20-18(26-15)12-5-4-6-13(19)8-12/h4-8H,1-3H3,(H,21,23)(H,22,24). The molecule has 2 N–H and O–H groups in total. The molecule has 26 heavy (non-hydrogen) atoms. The van der Waals surface area contributed by atoms with E-state index in [1.165, 1.54) is 11.3 Å². The van der Waals surface area contributed by atoms with Gasteiger partial charge in [-0.1, -0.05) is 23.7 Å². The first-order valence-corrected chi connectivity index (χ1v) is 8.95. The lowest BCUT2D eigenvalue weighted by Gasteiger charge is -2.05. The molecule has 0 aliphatic carbocycles. The van der Waals surface area contributed by atoms with Crippen LogP contribution < -0.4 is 10.9 Å². The molecule has 0 spiro atoms. The van der Waals surface area contributed by atoms with E-state index < -0.39 is 11.8 Å². The number of carbonyl (C=O) groups excluding carboxylic acids is 2. The molecule has 3 rings (SSSR count). The molecule has 0 aliphatic heterocycles. The summed E-state index contributed by atoms with van der Waals surface area (Å²) in [6, 6.07) is 8.87. The zero-order valence-corrected chi connectivity index (χ0v) is 15.9. The predicted molar refractivity (Wildman–Crippen MR) is 100 cm³/mol. The third kappa shape index (κ3) is 3.79. The van der Waals surface area contributed by atoms with Crippen LogP contribution in [0.25, 0.3) is 10.6 Å². The molecular formula is C18H16ClN3O3S. The Morgan fingerprint density at radius 1 is 1.12 bits per heavy atom. The van der Waals surface area contributed by atoms with Gasteiger partial charge >= 0.3 is 0 Å². The van der Waals surface area contributed by atoms with E-state index in [9.17, 15) is 9.59 Å². The van der Waals surface area contributed by atoms with Crippen LogP contribution in [-0.4, -0.2) is 16.8 Å². The van der Waals surface area contributed by atoms with Gasteiger partial charge in [-0.05, 0) is 39.0 Å². The van der Waals surface area contributed by atoms with Gasteiger partial charge in [0, 0.05) is 10.6 Å². The van der Waals surface area contributed by atoms with Gasteiger partial charge in [0.05, 0.1) is 11.3 Å². The van der Waals surface area contributed by atoms with Crippen LogP contribution in [0.1, 0.15) is 37.2 Å². The molecule has 0 atom stereocenters. The number of nitrogens with zero attached hydrogens (tertiary/aromatic N) is 1. The summed E-state index contributed by atoms with van der Waals surface area (Å²) >= 11 is 7.24. The maximum absolute atomic E-state index is 12.4. The monoisotopic (exact) mass is 389 g/mol. The number of aromatic nitrogens is 1. The predicted octanol–water partition coefficient (Wildman–Crippen LogP) is 4.06. The average molecular weight is 390 g/mol. The molecule has 0 unspecified atom stereocenters. The van der Waals surface area contributed by atoms with E-state index in [1.54, 1.807) is 39.0 Å². The average Bonchev–Trinajstić information content (AvgIpc) is 3.14. The van der Waals surface area contributed by atoms with Crippen molar-refractivity contribution < 1.29 is 14.0 Å². The molecule has 0 aliphatic rings. The topological polar surface area (TPSA) is 84.2 Å². The number of hydrogen-bond donors (Lipinski definition) is 2. The van der Waals surface area contributed by atoms with E-state index in [4.69, 9.17) is 16.0 Å². The van der Waals surface area contributed by atoms with E-state index >= 15 is 0 Å². The molecule has 8 heteroatoms. The van der Waals surface area contributed by atoms with E-state index in [2.05, 4.69) is 15.8 Å². The van der Waals surface area contributed by atoms with Gasteiger partial charge in [0.25, 0.3) is 11.8 Å². The molecule has 0 fully saturated rings. The van der Waals surface area contributed by atoms with Gasteiger partial charge in [-0.15, -0.1) is 11.3 Å². The number of hydrazine groups is 1. The molecule has 0 saturated carbocycles. The Kier molecular flexibility index (Phi) is 5.11. The summed E-state index contributed by atoms with van der Waals surface area (Å²) in [6.45, 7) is 5.18. The third-order valence-corrected chi connectivity index (χ3v) is 5.09. The van der Waals surface area contributed by atoms with Gasteiger partial charge in [-0.25, -0.2) is 4.98 Å². The number of amides is 2. The second kappa shape index (κ2) is 7.31. The maximum Gasteiger partial charge on any atom is 0.281 e. The number of nitrogens with one attached hydrogen (secondary N) is 2. The molecule has 0 saturated heterocycles. The summed E-state index contributed by atoms with van der Waals surface area (Å²) in [5.41, 5.74) is 6.60. The Labute approximate surface area is 159 Å². The smallest absolute Gasteiger partial charge is 0.281 e. The Morgan fingerprint density at radius 2 is 1.85 bits per heavy atom. The maximum atomic E-state index is 12.4. The summed E-state index contributed by atoms with van der Waals surface area (Å²) in [4.78, 5) is 29.4. The van der Waals surface area contributed by atoms with Crippen molar-refractivity contribution in [3.05, 3.63) is 63.0 Å². The van der Waals surface area contributed by atoms with Crippen LogP contribution in [0.2, 0.25) is 5.02 Å². The van der Waals surface area contributed by atoms with Crippen molar-refractivity contribution in [2.24, 2.45) is 0 Å². The second-order valence-electron chi connectivity index (χ2n) is 5.68. The van der Waals surface area contributed by atoms with Crippen LogP contribution in [0.4, 0.5) is 0 Å². The first-order chi connectivity index (χ1) is 12.3. The van der Waals surface area contributed by atoms with Crippen molar-refractivity contribution in [3.63, 3.8) is 0 Å². The van der Waals surface area contributed by atoms with Crippen LogP contribution in [0.5, 0.6) is 0 Å². The zero-order valence-electron chi connectivity index (χ0n) is 14.3. The van der Waals surface area contributed by atoms with Gasteiger partial charge in [0.15, 0.2) is 0 Å².